The molecule has 0 radical (unpaired) electrons. The molecule has 0 fully saturated rings. The maximum absolute atomic E-state index is 12.7. The van der Waals surface area contributed by atoms with Crippen molar-refractivity contribution in [3.05, 3.63) is 51.1 Å². The fraction of sp³-hybridized carbons (Fsp3) is 0.368. The Morgan fingerprint density at radius 2 is 2.12 bits per heavy atom. The molecule has 26 heavy (non-hydrogen) atoms. The smallest absolute Gasteiger partial charge is 0.255 e. The largest absolute Gasteiger partial charge is 0.504 e. The van der Waals surface area contributed by atoms with Crippen molar-refractivity contribution in [2.45, 2.75) is 32.8 Å². The van der Waals surface area contributed by atoms with Crippen molar-refractivity contribution >= 4 is 22.9 Å². The summed E-state index contributed by atoms with van der Waals surface area (Å²) >= 11 is 1.49. The van der Waals surface area contributed by atoms with Gasteiger partial charge in [0.05, 0.1) is 17.4 Å². The maximum Gasteiger partial charge on any atom is 0.255 e. The standard InChI is InChI=1S/C19H23N3O3S/c1-11-12(2)22-10-14(19(25)21(3)4)13(17(24)18(22)20-11)7-8-15(23)16-6-5-9-26-16/h5-6,9-10,15,23-24H,7-8H2,1-4H3. The van der Waals surface area contributed by atoms with Crippen LogP contribution in [0.3, 0.4) is 0 Å². The summed E-state index contributed by atoms with van der Waals surface area (Å²) < 4.78 is 1.75. The molecule has 0 aliphatic carbocycles. The van der Waals surface area contributed by atoms with E-state index in [-0.39, 0.29) is 11.7 Å². The summed E-state index contributed by atoms with van der Waals surface area (Å²) in [6, 6.07) is 3.77. The zero-order chi connectivity index (χ0) is 19.0. The van der Waals surface area contributed by atoms with Gasteiger partial charge in [0.1, 0.15) is 0 Å². The number of thiophene rings is 1. The van der Waals surface area contributed by atoms with Crippen molar-refractivity contribution in [3.63, 3.8) is 0 Å². The van der Waals surface area contributed by atoms with Gasteiger partial charge in [-0.2, -0.15) is 0 Å². The van der Waals surface area contributed by atoms with E-state index >= 15 is 0 Å². The molecule has 1 unspecified atom stereocenters. The molecule has 3 heterocycles. The normalized spacial score (nSPS) is 12.5. The first-order chi connectivity index (χ1) is 12.3. The Morgan fingerprint density at radius 3 is 2.73 bits per heavy atom. The van der Waals surface area contributed by atoms with Gasteiger partial charge >= 0.3 is 0 Å². The van der Waals surface area contributed by atoms with Crippen LogP contribution < -0.4 is 0 Å². The number of pyridine rings is 1. The van der Waals surface area contributed by atoms with Gasteiger partial charge in [-0.1, -0.05) is 6.07 Å². The minimum absolute atomic E-state index is 0.00674. The zero-order valence-corrected chi connectivity index (χ0v) is 16.2. The number of imidazole rings is 1. The molecule has 3 aromatic rings. The van der Waals surface area contributed by atoms with Gasteiger partial charge in [-0.3, -0.25) is 4.79 Å². The van der Waals surface area contributed by atoms with Crippen LogP contribution in [-0.2, 0) is 6.42 Å². The average Bonchev–Trinajstić information content (AvgIpc) is 3.23. The van der Waals surface area contributed by atoms with Crippen molar-refractivity contribution < 1.29 is 15.0 Å². The topological polar surface area (TPSA) is 78.1 Å². The second-order valence-corrected chi connectivity index (χ2v) is 7.59. The van der Waals surface area contributed by atoms with Crippen LogP contribution in [-0.4, -0.2) is 44.5 Å². The summed E-state index contributed by atoms with van der Waals surface area (Å²) in [7, 11) is 3.36. The van der Waals surface area contributed by atoms with E-state index in [0.717, 1.165) is 16.3 Å². The lowest BCUT2D eigenvalue weighted by Crippen LogP contribution is -2.24. The van der Waals surface area contributed by atoms with Crippen LogP contribution >= 0.6 is 11.3 Å². The third-order valence-corrected chi connectivity index (χ3v) is 5.62. The van der Waals surface area contributed by atoms with Crippen molar-refractivity contribution in [1.29, 1.82) is 0 Å². The number of aromatic nitrogens is 2. The lowest BCUT2D eigenvalue weighted by atomic mass is 10.00. The molecule has 0 saturated carbocycles. The van der Waals surface area contributed by atoms with Crippen LogP contribution in [0.15, 0.2) is 23.7 Å². The number of aliphatic hydroxyl groups is 1. The monoisotopic (exact) mass is 373 g/mol. The average molecular weight is 373 g/mol. The molecule has 1 atom stereocenters. The van der Waals surface area contributed by atoms with Gasteiger partial charge in [0.25, 0.3) is 5.91 Å². The minimum Gasteiger partial charge on any atom is -0.504 e. The third-order valence-electron chi connectivity index (χ3n) is 4.64. The van der Waals surface area contributed by atoms with Crippen LogP contribution in [0, 0.1) is 13.8 Å². The molecule has 0 saturated heterocycles. The number of fused-ring (bicyclic) bond motifs is 1. The Balaban J connectivity index is 2.05. The third kappa shape index (κ3) is 3.20. The van der Waals surface area contributed by atoms with E-state index in [1.54, 1.807) is 24.7 Å². The number of aliphatic hydroxyl groups excluding tert-OH is 1. The minimum atomic E-state index is -0.629. The van der Waals surface area contributed by atoms with Crippen LogP contribution in [0.5, 0.6) is 5.75 Å². The number of hydrogen-bond donors (Lipinski definition) is 2. The van der Waals surface area contributed by atoms with Crippen LogP contribution in [0.2, 0.25) is 0 Å². The number of carbonyl (C=O) groups is 1. The molecule has 0 aliphatic rings. The first-order valence-corrected chi connectivity index (χ1v) is 9.32. The Bertz CT molecular complexity index is 945. The van der Waals surface area contributed by atoms with Gasteiger partial charge < -0.3 is 19.5 Å². The number of rotatable bonds is 5. The zero-order valence-electron chi connectivity index (χ0n) is 15.4. The molecule has 3 rings (SSSR count). The van der Waals surface area contributed by atoms with Gasteiger partial charge in [0.2, 0.25) is 0 Å². The van der Waals surface area contributed by atoms with Crippen LogP contribution in [0.25, 0.3) is 5.65 Å². The Kier molecular flexibility index (Phi) is 5.02. The highest BCUT2D eigenvalue weighted by atomic mass is 32.1. The lowest BCUT2D eigenvalue weighted by molar-refractivity contribution is 0.0824. The molecule has 3 aromatic heterocycles. The predicted molar refractivity (Wildman–Crippen MR) is 102 cm³/mol. The molecule has 0 bridgehead atoms. The van der Waals surface area contributed by atoms with Crippen LogP contribution in [0.1, 0.15) is 44.7 Å². The molecular weight excluding hydrogens is 350 g/mol. The fourth-order valence-corrected chi connectivity index (χ4v) is 3.75. The van der Waals surface area contributed by atoms with E-state index in [9.17, 15) is 15.0 Å². The highest BCUT2D eigenvalue weighted by Crippen LogP contribution is 2.32. The van der Waals surface area contributed by atoms with Crippen molar-refractivity contribution in [2.24, 2.45) is 0 Å². The summed E-state index contributed by atoms with van der Waals surface area (Å²) in [4.78, 5) is 19.5. The first-order valence-electron chi connectivity index (χ1n) is 8.44. The Labute approximate surface area is 156 Å². The number of aryl methyl sites for hydroxylation is 2. The second-order valence-electron chi connectivity index (χ2n) is 6.62. The van der Waals surface area contributed by atoms with E-state index in [1.165, 1.54) is 16.2 Å². The number of amides is 1. The van der Waals surface area contributed by atoms with Gasteiger partial charge in [0, 0.05) is 36.4 Å². The van der Waals surface area contributed by atoms with Crippen molar-refractivity contribution in [3.8, 4) is 5.75 Å². The predicted octanol–water partition coefficient (Wildman–Crippen LogP) is 3.09. The maximum atomic E-state index is 12.7. The van der Waals surface area contributed by atoms with Gasteiger partial charge in [-0.05, 0) is 38.1 Å². The summed E-state index contributed by atoms with van der Waals surface area (Å²) in [6.07, 6.45) is 1.90. The molecule has 2 N–H and O–H groups in total. The SMILES string of the molecule is Cc1nc2c(O)c(CCC(O)c3cccs3)c(C(=O)N(C)C)cn2c1C. The number of carbonyl (C=O) groups excluding carboxylic acids is 1. The van der Waals surface area contributed by atoms with Crippen molar-refractivity contribution in [2.75, 3.05) is 14.1 Å². The highest BCUT2D eigenvalue weighted by molar-refractivity contribution is 7.10. The van der Waals surface area contributed by atoms with E-state index < -0.39 is 6.10 Å². The summed E-state index contributed by atoms with van der Waals surface area (Å²) in [6.45, 7) is 3.77. The van der Waals surface area contributed by atoms with Crippen molar-refractivity contribution in [1.82, 2.24) is 14.3 Å². The highest BCUT2D eigenvalue weighted by Gasteiger charge is 2.23. The first kappa shape index (κ1) is 18.4. The van der Waals surface area contributed by atoms with Crippen LogP contribution in [0.4, 0.5) is 0 Å². The fourth-order valence-electron chi connectivity index (χ4n) is 3.00. The number of aromatic hydroxyl groups is 1. The number of nitrogens with zero attached hydrogens (tertiary/aromatic N) is 3. The molecule has 6 nitrogen and oxygen atoms in total. The quantitative estimate of drug-likeness (QED) is 0.720. The number of hydrogen-bond acceptors (Lipinski definition) is 5. The van der Waals surface area contributed by atoms with Gasteiger partial charge in [-0.25, -0.2) is 4.98 Å². The second kappa shape index (κ2) is 7.09. The molecule has 7 heteroatoms. The van der Waals surface area contributed by atoms with E-state index in [1.807, 2.05) is 31.4 Å². The lowest BCUT2D eigenvalue weighted by Gasteiger charge is -2.17. The molecular formula is C19H23N3O3S. The molecule has 0 aliphatic heterocycles. The molecule has 0 spiro atoms. The van der Waals surface area contributed by atoms with E-state index in [4.69, 9.17) is 0 Å². The van der Waals surface area contributed by atoms with E-state index in [2.05, 4.69) is 4.98 Å². The van der Waals surface area contributed by atoms with Gasteiger partial charge in [0.15, 0.2) is 11.4 Å². The van der Waals surface area contributed by atoms with E-state index in [0.29, 0.717) is 29.6 Å². The Morgan fingerprint density at radius 1 is 1.38 bits per heavy atom. The summed E-state index contributed by atoms with van der Waals surface area (Å²) in [5.41, 5.74) is 3.08. The summed E-state index contributed by atoms with van der Waals surface area (Å²) in [5, 5.41) is 23.1. The molecule has 138 valence electrons. The Hall–Kier alpha value is -2.38. The molecule has 1 amide bonds. The molecule has 0 aromatic carbocycles. The van der Waals surface area contributed by atoms with Gasteiger partial charge in [-0.15, -0.1) is 11.3 Å². The summed E-state index contributed by atoms with van der Waals surface area (Å²) in [5.74, 6) is -0.180.